The Kier molecular flexibility index (Phi) is 4.08. The summed E-state index contributed by atoms with van der Waals surface area (Å²) >= 11 is 3.47. The highest BCUT2D eigenvalue weighted by Crippen LogP contribution is 2.23. The number of hydrogen-bond donors (Lipinski definition) is 2. The highest BCUT2D eigenvalue weighted by atomic mass is 79.9. The molecule has 1 heterocycles. The van der Waals surface area contributed by atoms with Gasteiger partial charge in [-0.05, 0) is 34.5 Å². The van der Waals surface area contributed by atoms with Gasteiger partial charge >= 0.3 is 0 Å². The highest BCUT2D eigenvalue weighted by molar-refractivity contribution is 9.10. The third kappa shape index (κ3) is 3.51. The molecular weight excluding hydrogens is 256 g/mol. The largest absolute Gasteiger partial charge is 0.388 e. The lowest BCUT2D eigenvalue weighted by Crippen LogP contribution is -2.24. The zero-order chi connectivity index (χ0) is 11.4. The lowest BCUT2D eigenvalue weighted by Gasteiger charge is -2.19. The van der Waals surface area contributed by atoms with Crippen LogP contribution in [-0.4, -0.2) is 24.4 Å². The molecule has 4 nitrogen and oxygen atoms in total. The summed E-state index contributed by atoms with van der Waals surface area (Å²) in [6.45, 7) is 2.70. The molecule has 0 radical (unpaired) electrons. The average molecular weight is 271 g/mol. The Morgan fingerprint density at radius 2 is 2.33 bits per heavy atom. The Morgan fingerprint density at radius 1 is 1.67 bits per heavy atom. The molecule has 5 heteroatoms. The van der Waals surface area contributed by atoms with E-state index in [0.29, 0.717) is 13.0 Å². The van der Waals surface area contributed by atoms with Crippen molar-refractivity contribution < 1.29 is 0 Å². The van der Waals surface area contributed by atoms with E-state index in [0.717, 1.165) is 15.9 Å². The molecule has 0 saturated heterocycles. The molecule has 0 aliphatic carbocycles. The predicted molar refractivity (Wildman–Crippen MR) is 66.5 cm³/mol. The third-order valence-electron chi connectivity index (χ3n) is 2.04. The second-order valence-electron chi connectivity index (χ2n) is 3.51. The summed E-state index contributed by atoms with van der Waals surface area (Å²) in [6, 6.07) is 2.02. The van der Waals surface area contributed by atoms with Crippen LogP contribution >= 0.6 is 15.9 Å². The zero-order valence-electron chi connectivity index (χ0n) is 8.92. The van der Waals surface area contributed by atoms with Gasteiger partial charge in [0.05, 0.1) is 10.3 Å². The van der Waals surface area contributed by atoms with E-state index in [2.05, 4.69) is 20.9 Å². The summed E-state index contributed by atoms with van der Waals surface area (Å²) in [5.41, 5.74) is 6.42. The van der Waals surface area contributed by atoms with E-state index in [1.165, 1.54) is 0 Å². The predicted octanol–water partition coefficient (Wildman–Crippen LogP) is 1.91. The first kappa shape index (κ1) is 12.0. The Hall–Kier alpha value is -1.10. The summed E-state index contributed by atoms with van der Waals surface area (Å²) < 4.78 is 0.966. The second kappa shape index (κ2) is 5.11. The first-order valence-electron chi connectivity index (χ1n) is 4.67. The molecule has 82 valence electrons. The minimum absolute atomic E-state index is 0.199. The van der Waals surface area contributed by atoms with Crippen molar-refractivity contribution in [1.82, 2.24) is 4.98 Å². The average Bonchev–Trinajstić information content (AvgIpc) is 2.14. The van der Waals surface area contributed by atoms with E-state index in [9.17, 15) is 0 Å². The second-order valence-corrected chi connectivity index (χ2v) is 4.37. The number of anilines is 1. The number of aryl methyl sites for hydroxylation is 1. The maximum absolute atomic E-state index is 7.16. The number of amidine groups is 1. The summed E-state index contributed by atoms with van der Waals surface area (Å²) in [5.74, 6) is 1.08. The monoisotopic (exact) mass is 270 g/mol. The first-order valence-corrected chi connectivity index (χ1v) is 5.46. The number of halogens is 1. The van der Waals surface area contributed by atoms with Crippen LogP contribution in [0.2, 0.25) is 0 Å². The highest BCUT2D eigenvalue weighted by Gasteiger charge is 2.07. The minimum atomic E-state index is 0.199. The Balaban J connectivity index is 2.73. The fraction of sp³-hybridized carbons (Fsp3) is 0.400. The number of rotatable bonds is 4. The normalized spacial score (nSPS) is 10.1. The van der Waals surface area contributed by atoms with Crippen LogP contribution in [0.25, 0.3) is 0 Å². The molecule has 0 aliphatic heterocycles. The van der Waals surface area contributed by atoms with Crippen LogP contribution in [-0.2, 0) is 0 Å². The maximum atomic E-state index is 7.16. The van der Waals surface area contributed by atoms with Gasteiger partial charge in [-0.1, -0.05) is 0 Å². The minimum Gasteiger partial charge on any atom is -0.388 e. The van der Waals surface area contributed by atoms with Gasteiger partial charge in [0.1, 0.15) is 5.82 Å². The van der Waals surface area contributed by atoms with Crippen molar-refractivity contribution in [2.75, 3.05) is 18.5 Å². The van der Waals surface area contributed by atoms with Crippen molar-refractivity contribution in [2.45, 2.75) is 13.3 Å². The maximum Gasteiger partial charge on any atom is 0.142 e. The van der Waals surface area contributed by atoms with Crippen LogP contribution < -0.4 is 10.6 Å². The van der Waals surface area contributed by atoms with Crippen LogP contribution in [0, 0.1) is 12.3 Å². The molecule has 15 heavy (non-hydrogen) atoms. The number of pyridine rings is 1. The van der Waals surface area contributed by atoms with E-state index in [1.807, 2.05) is 31.1 Å². The molecule has 3 N–H and O–H groups in total. The molecule has 1 aromatic rings. The molecule has 0 amide bonds. The lowest BCUT2D eigenvalue weighted by molar-refractivity contribution is 0.885. The molecule has 0 saturated carbocycles. The first-order chi connectivity index (χ1) is 7.00. The summed E-state index contributed by atoms with van der Waals surface area (Å²) in [6.07, 6.45) is 2.38. The van der Waals surface area contributed by atoms with Crippen molar-refractivity contribution in [3.05, 3.63) is 22.3 Å². The summed E-state index contributed by atoms with van der Waals surface area (Å²) in [7, 11) is 1.94. The van der Waals surface area contributed by atoms with E-state index in [1.54, 1.807) is 0 Å². The number of nitrogens with two attached hydrogens (primary N) is 1. The van der Waals surface area contributed by atoms with Crippen LogP contribution in [0.3, 0.4) is 0 Å². The van der Waals surface area contributed by atoms with Gasteiger partial charge in [-0.15, -0.1) is 0 Å². The molecule has 1 aromatic heterocycles. The number of aromatic nitrogens is 1. The van der Waals surface area contributed by atoms with Crippen molar-refractivity contribution in [3.63, 3.8) is 0 Å². The topological polar surface area (TPSA) is 66.0 Å². The van der Waals surface area contributed by atoms with Gasteiger partial charge in [-0.3, -0.25) is 5.41 Å². The molecule has 0 spiro atoms. The quantitative estimate of drug-likeness (QED) is 0.649. The zero-order valence-corrected chi connectivity index (χ0v) is 10.5. The smallest absolute Gasteiger partial charge is 0.142 e. The van der Waals surface area contributed by atoms with E-state index < -0.39 is 0 Å². The van der Waals surface area contributed by atoms with E-state index in [4.69, 9.17) is 11.1 Å². The summed E-state index contributed by atoms with van der Waals surface area (Å²) in [4.78, 5) is 6.30. The number of nitrogens with zero attached hydrogens (tertiary/aromatic N) is 2. The van der Waals surface area contributed by atoms with Crippen molar-refractivity contribution in [2.24, 2.45) is 5.73 Å². The molecule has 0 aromatic carbocycles. The van der Waals surface area contributed by atoms with Crippen LogP contribution in [0.15, 0.2) is 16.7 Å². The van der Waals surface area contributed by atoms with Crippen LogP contribution in [0.5, 0.6) is 0 Å². The van der Waals surface area contributed by atoms with Crippen molar-refractivity contribution in [1.29, 1.82) is 5.41 Å². The van der Waals surface area contributed by atoms with Crippen LogP contribution in [0.4, 0.5) is 5.82 Å². The van der Waals surface area contributed by atoms with Gasteiger partial charge in [0, 0.05) is 26.2 Å². The fourth-order valence-electron chi connectivity index (χ4n) is 1.20. The molecule has 0 atom stereocenters. The van der Waals surface area contributed by atoms with Crippen molar-refractivity contribution in [3.8, 4) is 0 Å². The van der Waals surface area contributed by atoms with Gasteiger partial charge in [0.15, 0.2) is 0 Å². The van der Waals surface area contributed by atoms with Gasteiger partial charge < -0.3 is 10.6 Å². The van der Waals surface area contributed by atoms with Gasteiger partial charge in [0.2, 0.25) is 0 Å². The third-order valence-corrected chi connectivity index (χ3v) is 2.62. The molecule has 0 unspecified atom stereocenters. The molecule has 0 bridgehead atoms. The molecular formula is C10H15BrN4. The standard InChI is InChI=1S/C10H15BrN4/c1-7-5-8(11)10(14-6-7)15(2)4-3-9(12)13/h5-6H,3-4H2,1-2H3,(H3,12,13). The Morgan fingerprint density at radius 3 is 2.87 bits per heavy atom. The lowest BCUT2D eigenvalue weighted by atomic mass is 10.3. The Labute approximate surface area is 98.1 Å². The van der Waals surface area contributed by atoms with Crippen LogP contribution in [0.1, 0.15) is 12.0 Å². The fourth-order valence-corrected chi connectivity index (χ4v) is 1.97. The molecule has 0 fully saturated rings. The van der Waals surface area contributed by atoms with E-state index in [-0.39, 0.29) is 5.84 Å². The van der Waals surface area contributed by atoms with Gasteiger partial charge in [-0.25, -0.2) is 4.98 Å². The molecule has 1 rings (SSSR count). The van der Waals surface area contributed by atoms with E-state index >= 15 is 0 Å². The van der Waals surface area contributed by atoms with Crippen molar-refractivity contribution >= 4 is 27.6 Å². The van der Waals surface area contributed by atoms with Gasteiger partial charge in [-0.2, -0.15) is 0 Å². The Bertz CT molecular complexity index is 364. The molecule has 0 aliphatic rings. The number of hydrogen-bond acceptors (Lipinski definition) is 3. The SMILES string of the molecule is Cc1cnc(N(C)CCC(=N)N)c(Br)c1. The van der Waals surface area contributed by atoms with Gasteiger partial charge in [0.25, 0.3) is 0 Å². The summed E-state index contributed by atoms with van der Waals surface area (Å²) in [5, 5.41) is 7.16. The number of nitrogens with one attached hydrogen (secondary N) is 1.